The highest BCUT2D eigenvalue weighted by Crippen LogP contribution is 2.32. The van der Waals surface area contributed by atoms with Crippen molar-refractivity contribution in [3.63, 3.8) is 0 Å². The molecule has 0 unspecified atom stereocenters. The molecule has 1 aromatic heterocycles. The van der Waals surface area contributed by atoms with Crippen LogP contribution < -0.4 is 0 Å². The Morgan fingerprint density at radius 3 is 2.86 bits per heavy atom. The van der Waals surface area contributed by atoms with E-state index in [-0.39, 0.29) is 23.9 Å². The molecule has 6 nitrogen and oxygen atoms in total. The van der Waals surface area contributed by atoms with Gasteiger partial charge < -0.3 is 9.80 Å². The highest BCUT2D eigenvalue weighted by Gasteiger charge is 2.47. The van der Waals surface area contributed by atoms with Gasteiger partial charge in [0.15, 0.2) is 0 Å². The molecule has 2 fully saturated rings. The Balaban J connectivity index is 1.60. The van der Waals surface area contributed by atoms with E-state index in [4.69, 9.17) is 0 Å². The number of amides is 2. The molecule has 0 N–H and O–H groups in total. The second kappa shape index (κ2) is 6.25. The minimum atomic E-state index is 0.0342. The van der Waals surface area contributed by atoms with Crippen molar-refractivity contribution >= 4 is 11.8 Å². The monoisotopic (exact) mass is 300 g/mol. The zero-order valence-electron chi connectivity index (χ0n) is 12.5. The van der Waals surface area contributed by atoms with Crippen LogP contribution >= 0.6 is 0 Å². The first kappa shape index (κ1) is 14.7. The summed E-state index contributed by atoms with van der Waals surface area (Å²) in [6.45, 7) is 5.01. The van der Waals surface area contributed by atoms with Gasteiger partial charge >= 0.3 is 0 Å². The maximum atomic E-state index is 12.5. The lowest BCUT2D eigenvalue weighted by Gasteiger charge is -2.24. The fourth-order valence-corrected chi connectivity index (χ4v) is 3.47. The number of hydrogen-bond donors (Lipinski definition) is 0. The Hall–Kier alpha value is -2.24. The van der Waals surface area contributed by atoms with Gasteiger partial charge in [0.2, 0.25) is 11.8 Å². The molecule has 1 aromatic rings. The number of fused-ring (bicyclic) bond motifs is 1. The van der Waals surface area contributed by atoms with Crippen molar-refractivity contribution in [2.24, 2.45) is 0 Å². The molecule has 0 saturated carbocycles. The highest BCUT2D eigenvalue weighted by molar-refractivity contribution is 5.83. The van der Waals surface area contributed by atoms with Gasteiger partial charge in [0.25, 0.3) is 0 Å². The molecule has 0 radical (unpaired) electrons. The summed E-state index contributed by atoms with van der Waals surface area (Å²) in [5, 5.41) is 0. The topological polar surface area (TPSA) is 66.4 Å². The summed E-state index contributed by atoms with van der Waals surface area (Å²) in [5.41, 5.74) is 0.961. The molecule has 3 heterocycles. The molecule has 6 heteroatoms. The van der Waals surface area contributed by atoms with Crippen LogP contribution in [0.5, 0.6) is 0 Å². The lowest BCUT2D eigenvalue weighted by Crippen LogP contribution is -2.40. The van der Waals surface area contributed by atoms with Gasteiger partial charge in [-0.15, -0.1) is 6.58 Å². The van der Waals surface area contributed by atoms with Crippen molar-refractivity contribution in [3.8, 4) is 0 Å². The number of carbonyl (C=O) groups excluding carboxylic acids is 2. The van der Waals surface area contributed by atoms with Gasteiger partial charge in [0.05, 0.1) is 12.1 Å². The third-order valence-electron chi connectivity index (χ3n) is 4.50. The van der Waals surface area contributed by atoms with Crippen molar-refractivity contribution < 1.29 is 9.59 Å². The van der Waals surface area contributed by atoms with Crippen LogP contribution in [0.2, 0.25) is 0 Å². The number of carbonyl (C=O) groups is 2. The summed E-state index contributed by atoms with van der Waals surface area (Å²) in [4.78, 5) is 36.2. The Kier molecular flexibility index (Phi) is 4.18. The number of nitrogens with zero attached hydrogens (tertiary/aromatic N) is 4. The van der Waals surface area contributed by atoms with E-state index in [0.29, 0.717) is 25.8 Å². The predicted molar refractivity (Wildman–Crippen MR) is 80.8 cm³/mol. The Bertz CT molecular complexity index is 575. The summed E-state index contributed by atoms with van der Waals surface area (Å²) in [5.74, 6) is 0.244. The van der Waals surface area contributed by atoms with E-state index >= 15 is 0 Å². The zero-order chi connectivity index (χ0) is 15.5. The molecule has 0 spiro atoms. The number of likely N-dealkylation sites (tertiary alicyclic amines) is 2. The van der Waals surface area contributed by atoms with Gasteiger partial charge in [0.1, 0.15) is 6.33 Å². The standard InChI is InChI=1S/C16H20N4O2/c1-2-6-19-13-5-7-20(14(13)8-16(19)22)15(21)4-3-12-9-17-11-18-10-12/h2,9-11,13-14H,1,3-8H2/t13-,14+/m0/s1. The molecule has 0 aliphatic carbocycles. The van der Waals surface area contributed by atoms with Crippen LogP contribution in [0.15, 0.2) is 31.4 Å². The molecule has 116 valence electrons. The van der Waals surface area contributed by atoms with Crippen molar-refractivity contribution in [2.45, 2.75) is 37.8 Å². The van der Waals surface area contributed by atoms with E-state index in [0.717, 1.165) is 18.5 Å². The van der Waals surface area contributed by atoms with Crippen LogP contribution in [0, 0.1) is 0 Å². The SMILES string of the molecule is C=CCN1C(=O)C[C@@H]2[C@@H]1CCN2C(=O)CCc1cncnc1. The number of aromatic nitrogens is 2. The lowest BCUT2D eigenvalue weighted by molar-refractivity contribution is -0.132. The maximum absolute atomic E-state index is 12.5. The van der Waals surface area contributed by atoms with Gasteiger partial charge in [0, 0.05) is 38.3 Å². The van der Waals surface area contributed by atoms with Crippen molar-refractivity contribution in [3.05, 3.63) is 36.9 Å². The normalized spacial score (nSPS) is 23.7. The fraction of sp³-hybridized carbons (Fsp3) is 0.500. The van der Waals surface area contributed by atoms with E-state index in [1.807, 2.05) is 9.80 Å². The van der Waals surface area contributed by atoms with Crippen LogP contribution in [-0.2, 0) is 16.0 Å². The van der Waals surface area contributed by atoms with Crippen molar-refractivity contribution in [2.75, 3.05) is 13.1 Å². The number of aryl methyl sites for hydroxylation is 1. The maximum Gasteiger partial charge on any atom is 0.225 e. The minimum Gasteiger partial charge on any atom is -0.337 e. The second-order valence-electron chi connectivity index (χ2n) is 5.80. The highest BCUT2D eigenvalue weighted by atomic mass is 16.2. The smallest absolute Gasteiger partial charge is 0.225 e. The van der Waals surface area contributed by atoms with E-state index in [2.05, 4.69) is 16.5 Å². The summed E-state index contributed by atoms with van der Waals surface area (Å²) in [6, 6.07) is 0.196. The predicted octanol–water partition coefficient (Wildman–Crippen LogP) is 0.797. The average Bonchev–Trinajstić information content (AvgIpc) is 3.06. The molecule has 0 bridgehead atoms. The molecule has 2 aliphatic rings. The van der Waals surface area contributed by atoms with Gasteiger partial charge in [-0.3, -0.25) is 9.59 Å². The van der Waals surface area contributed by atoms with Crippen LogP contribution in [0.25, 0.3) is 0 Å². The molecule has 3 rings (SSSR count). The largest absolute Gasteiger partial charge is 0.337 e. The fourth-order valence-electron chi connectivity index (χ4n) is 3.47. The third-order valence-corrected chi connectivity index (χ3v) is 4.50. The lowest BCUT2D eigenvalue weighted by atomic mass is 10.1. The van der Waals surface area contributed by atoms with Gasteiger partial charge in [-0.2, -0.15) is 0 Å². The summed E-state index contributed by atoms with van der Waals surface area (Å²) in [7, 11) is 0. The Labute approximate surface area is 129 Å². The molecular weight excluding hydrogens is 280 g/mol. The first-order valence-electron chi connectivity index (χ1n) is 7.64. The number of rotatable bonds is 5. The molecule has 2 atom stereocenters. The number of hydrogen-bond acceptors (Lipinski definition) is 4. The third kappa shape index (κ3) is 2.73. The Morgan fingerprint density at radius 2 is 2.14 bits per heavy atom. The van der Waals surface area contributed by atoms with Gasteiger partial charge in [-0.05, 0) is 18.4 Å². The summed E-state index contributed by atoms with van der Waals surface area (Å²) in [6.07, 6.45) is 9.08. The van der Waals surface area contributed by atoms with Gasteiger partial charge in [-0.25, -0.2) is 9.97 Å². The molecule has 2 saturated heterocycles. The molecule has 0 aromatic carbocycles. The Morgan fingerprint density at radius 1 is 1.36 bits per heavy atom. The van der Waals surface area contributed by atoms with Crippen molar-refractivity contribution in [1.29, 1.82) is 0 Å². The molecule has 2 amide bonds. The van der Waals surface area contributed by atoms with E-state index in [1.54, 1.807) is 18.5 Å². The summed E-state index contributed by atoms with van der Waals surface area (Å²) < 4.78 is 0. The quantitative estimate of drug-likeness (QED) is 0.754. The van der Waals surface area contributed by atoms with E-state index < -0.39 is 0 Å². The second-order valence-corrected chi connectivity index (χ2v) is 5.80. The van der Waals surface area contributed by atoms with Crippen LogP contribution in [0.4, 0.5) is 0 Å². The first-order chi connectivity index (χ1) is 10.7. The van der Waals surface area contributed by atoms with Crippen LogP contribution in [-0.4, -0.2) is 56.8 Å². The first-order valence-corrected chi connectivity index (χ1v) is 7.64. The minimum absolute atomic E-state index is 0.0342. The molecule has 22 heavy (non-hydrogen) atoms. The molecular formula is C16H20N4O2. The van der Waals surface area contributed by atoms with E-state index in [1.165, 1.54) is 6.33 Å². The van der Waals surface area contributed by atoms with Crippen LogP contribution in [0.3, 0.4) is 0 Å². The molecule has 2 aliphatic heterocycles. The van der Waals surface area contributed by atoms with Crippen molar-refractivity contribution in [1.82, 2.24) is 19.8 Å². The zero-order valence-corrected chi connectivity index (χ0v) is 12.5. The average molecular weight is 300 g/mol. The van der Waals surface area contributed by atoms with Gasteiger partial charge in [-0.1, -0.05) is 6.08 Å². The van der Waals surface area contributed by atoms with Crippen LogP contribution in [0.1, 0.15) is 24.8 Å². The summed E-state index contributed by atoms with van der Waals surface area (Å²) >= 11 is 0. The van der Waals surface area contributed by atoms with E-state index in [9.17, 15) is 9.59 Å².